The third-order valence-electron chi connectivity index (χ3n) is 3.36. The van der Waals surface area contributed by atoms with Crippen molar-refractivity contribution < 1.29 is 9.90 Å². The molecule has 0 radical (unpaired) electrons. The fourth-order valence-electron chi connectivity index (χ4n) is 2.25. The van der Waals surface area contributed by atoms with E-state index in [4.69, 9.17) is 11.6 Å². The van der Waals surface area contributed by atoms with E-state index < -0.39 is 6.10 Å². The van der Waals surface area contributed by atoms with E-state index in [0.717, 1.165) is 6.54 Å². The van der Waals surface area contributed by atoms with Crippen molar-refractivity contribution in [1.29, 1.82) is 0 Å². The molecule has 6 nitrogen and oxygen atoms in total. The fourth-order valence-corrected chi connectivity index (χ4v) is 2.40. The molecule has 2 atom stereocenters. The van der Waals surface area contributed by atoms with Crippen molar-refractivity contribution in [2.75, 3.05) is 26.7 Å². The highest BCUT2D eigenvalue weighted by molar-refractivity contribution is 6.30. The molecule has 1 aromatic rings. The van der Waals surface area contributed by atoms with Crippen molar-refractivity contribution in [2.24, 2.45) is 5.92 Å². The molecule has 2 heterocycles. The zero-order valence-corrected chi connectivity index (χ0v) is 11.7. The number of aliphatic hydroxyl groups is 1. The summed E-state index contributed by atoms with van der Waals surface area (Å²) in [6, 6.07) is 0. The van der Waals surface area contributed by atoms with Crippen LogP contribution in [0, 0.1) is 5.92 Å². The van der Waals surface area contributed by atoms with Gasteiger partial charge in [0.05, 0.1) is 29.8 Å². The van der Waals surface area contributed by atoms with Gasteiger partial charge in [-0.25, -0.2) is 0 Å². The first-order chi connectivity index (χ1) is 9.06. The Morgan fingerprint density at radius 1 is 1.68 bits per heavy atom. The second-order valence-corrected chi connectivity index (χ2v) is 5.37. The highest BCUT2D eigenvalue weighted by atomic mass is 35.5. The molecule has 7 heteroatoms. The van der Waals surface area contributed by atoms with E-state index in [9.17, 15) is 9.90 Å². The number of piperidine rings is 1. The summed E-state index contributed by atoms with van der Waals surface area (Å²) >= 11 is 5.75. The summed E-state index contributed by atoms with van der Waals surface area (Å²) in [6.45, 7) is 2.47. The first kappa shape index (κ1) is 14.3. The molecule has 0 bridgehead atoms. The van der Waals surface area contributed by atoms with Gasteiger partial charge in [-0.15, -0.1) is 0 Å². The molecule has 0 saturated carbocycles. The highest BCUT2D eigenvalue weighted by Crippen LogP contribution is 2.16. The summed E-state index contributed by atoms with van der Waals surface area (Å²) in [5.41, 5.74) is 0. The topological polar surface area (TPSA) is 70.4 Å². The molecule has 1 saturated heterocycles. The number of likely N-dealkylation sites (tertiary alicyclic amines) is 1. The van der Waals surface area contributed by atoms with Crippen molar-refractivity contribution in [2.45, 2.75) is 19.1 Å². The molecular weight excluding hydrogens is 268 g/mol. The monoisotopic (exact) mass is 286 g/mol. The van der Waals surface area contributed by atoms with E-state index in [0.29, 0.717) is 31.1 Å². The molecule has 1 aromatic heterocycles. The molecule has 1 aliphatic heterocycles. The van der Waals surface area contributed by atoms with Crippen molar-refractivity contribution in [3.63, 3.8) is 0 Å². The Hall–Kier alpha value is -1.11. The second kappa shape index (κ2) is 6.36. The summed E-state index contributed by atoms with van der Waals surface area (Å²) < 4.78 is 1.67. The van der Waals surface area contributed by atoms with Crippen LogP contribution in [-0.4, -0.2) is 58.5 Å². The van der Waals surface area contributed by atoms with Crippen LogP contribution in [0.1, 0.15) is 6.42 Å². The normalized spacial score (nSPS) is 24.4. The lowest BCUT2D eigenvalue weighted by Gasteiger charge is -2.32. The zero-order chi connectivity index (χ0) is 13.8. The zero-order valence-electron chi connectivity index (χ0n) is 10.9. The van der Waals surface area contributed by atoms with E-state index in [-0.39, 0.29) is 11.8 Å². The number of halogens is 1. The molecule has 0 aromatic carbocycles. The number of carbonyl (C=O) groups excluding carboxylic acids is 1. The smallest absolute Gasteiger partial charge is 0.227 e. The van der Waals surface area contributed by atoms with Crippen molar-refractivity contribution in [3.8, 4) is 0 Å². The van der Waals surface area contributed by atoms with Gasteiger partial charge in [-0.05, 0) is 13.5 Å². The molecule has 0 aliphatic carbocycles. The Labute approximate surface area is 117 Å². The summed E-state index contributed by atoms with van der Waals surface area (Å²) in [5, 5.41) is 17.3. The van der Waals surface area contributed by atoms with Gasteiger partial charge < -0.3 is 15.3 Å². The number of nitrogens with one attached hydrogen (secondary N) is 1. The summed E-state index contributed by atoms with van der Waals surface area (Å²) in [7, 11) is 1.96. The predicted molar refractivity (Wildman–Crippen MR) is 71.9 cm³/mol. The molecule has 0 unspecified atom stereocenters. The lowest BCUT2D eigenvalue weighted by molar-refractivity contribution is -0.131. The molecule has 106 valence electrons. The van der Waals surface area contributed by atoms with Gasteiger partial charge >= 0.3 is 0 Å². The summed E-state index contributed by atoms with van der Waals surface area (Å²) in [4.78, 5) is 14.1. The van der Waals surface area contributed by atoms with Crippen LogP contribution in [0.25, 0.3) is 0 Å². The van der Waals surface area contributed by atoms with Gasteiger partial charge in [-0.2, -0.15) is 5.10 Å². The predicted octanol–water partition coefficient (Wildman–Crippen LogP) is -0.0347. The van der Waals surface area contributed by atoms with Crippen LogP contribution in [-0.2, 0) is 11.3 Å². The number of rotatable bonds is 4. The minimum Gasteiger partial charge on any atom is -0.392 e. The second-order valence-electron chi connectivity index (χ2n) is 4.94. The maximum absolute atomic E-state index is 12.0. The van der Waals surface area contributed by atoms with Crippen LogP contribution in [0.2, 0.25) is 5.02 Å². The molecule has 1 amide bonds. The first-order valence-corrected chi connectivity index (χ1v) is 6.76. The largest absolute Gasteiger partial charge is 0.392 e. The molecule has 2 N–H and O–H groups in total. The maximum atomic E-state index is 12.0. The van der Waals surface area contributed by atoms with E-state index in [1.54, 1.807) is 17.1 Å². The number of amides is 1. The summed E-state index contributed by atoms with van der Waals surface area (Å²) in [6.07, 6.45) is 3.36. The van der Waals surface area contributed by atoms with Crippen molar-refractivity contribution in [3.05, 3.63) is 17.4 Å². The van der Waals surface area contributed by atoms with Gasteiger partial charge in [-0.3, -0.25) is 9.48 Å². The minimum atomic E-state index is -0.546. The van der Waals surface area contributed by atoms with Crippen molar-refractivity contribution >= 4 is 17.5 Å². The molecule has 1 aliphatic rings. The SMILES string of the molecule is CN1CC[C@@H](O)[C@H](C(=O)NCCn2cc(Cl)cn2)C1. The van der Waals surface area contributed by atoms with E-state index in [2.05, 4.69) is 15.3 Å². The lowest BCUT2D eigenvalue weighted by Crippen LogP contribution is -2.49. The van der Waals surface area contributed by atoms with Crippen LogP contribution in [0.4, 0.5) is 0 Å². The van der Waals surface area contributed by atoms with Gasteiger partial charge in [0.15, 0.2) is 0 Å². The van der Waals surface area contributed by atoms with Crippen LogP contribution >= 0.6 is 11.6 Å². The molecule has 0 spiro atoms. The van der Waals surface area contributed by atoms with Crippen molar-refractivity contribution in [1.82, 2.24) is 20.0 Å². The summed E-state index contributed by atoms with van der Waals surface area (Å²) in [5.74, 6) is -0.447. The first-order valence-electron chi connectivity index (χ1n) is 6.38. The Morgan fingerprint density at radius 2 is 2.47 bits per heavy atom. The molecule has 2 rings (SSSR count). The number of hydrogen-bond acceptors (Lipinski definition) is 4. The fraction of sp³-hybridized carbons (Fsp3) is 0.667. The third kappa shape index (κ3) is 3.92. The maximum Gasteiger partial charge on any atom is 0.227 e. The lowest BCUT2D eigenvalue weighted by atomic mass is 9.94. The number of aliphatic hydroxyl groups excluding tert-OH is 1. The van der Waals surface area contributed by atoms with E-state index in [1.165, 1.54) is 0 Å². The third-order valence-corrected chi connectivity index (χ3v) is 3.55. The van der Waals surface area contributed by atoms with Gasteiger partial charge in [0.25, 0.3) is 0 Å². The number of nitrogens with zero attached hydrogens (tertiary/aromatic N) is 3. The van der Waals surface area contributed by atoms with Gasteiger partial charge in [-0.1, -0.05) is 11.6 Å². The molecular formula is C12H19ClN4O2. The standard InChI is InChI=1S/C12H19ClN4O2/c1-16-4-2-11(18)10(8-16)12(19)14-3-5-17-7-9(13)6-15-17/h6-7,10-11,18H,2-5,8H2,1H3,(H,14,19)/t10-,11-/m1/s1. The molecule has 19 heavy (non-hydrogen) atoms. The number of aromatic nitrogens is 2. The van der Waals surface area contributed by atoms with Gasteiger partial charge in [0.2, 0.25) is 5.91 Å². The van der Waals surface area contributed by atoms with Crippen LogP contribution in [0.5, 0.6) is 0 Å². The Balaban J connectivity index is 1.77. The quantitative estimate of drug-likeness (QED) is 0.815. The van der Waals surface area contributed by atoms with Crippen LogP contribution < -0.4 is 5.32 Å². The Kier molecular flexibility index (Phi) is 4.79. The number of carbonyl (C=O) groups is 1. The average molecular weight is 287 g/mol. The molecule has 1 fully saturated rings. The Morgan fingerprint density at radius 3 is 3.16 bits per heavy atom. The van der Waals surface area contributed by atoms with E-state index in [1.807, 2.05) is 7.05 Å². The minimum absolute atomic E-state index is 0.0997. The van der Waals surface area contributed by atoms with Gasteiger partial charge in [0.1, 0.15) is 0 Å². The van der Waals surface area contributed by atoms with Gasteiger partial charge in [0, 0.05) is 25.8 Å². The van der Waals surface area contributed by atoms with Crippen LogP contribution in [0.15, 0.2) is 12.4 Å². The number of hydrogen-bond donors (Lipinski definition) is 2. The van der Waals surface area contributed by atoms with Crippen LogP contribution in [0.3, 0.4) is 0 Å². The Bertz CT molecular complexity index is 437. The average Bonchev–Trinajstić information content (AvgIpc) is 2.78. The van der Waals surface area contributed by atoms with E-state index >= 15 is 0 Å². The highest BCUT2D eigenvalue weighted by Gasteiger charge is 2.31.